The Morgan fingerprint density at radius 1 is 1.33 bits per heavy atom. The summed E-state index contributed by atoms with van der Waals surface area (Å²) < 4.78 is 0. The van der Waals surface area contributed by atoms with Crippen LogP contribution in [-0.4, -0.2) is 4.98 Å². The number of halogens is 1. The van der Waals surface area contributed by atoms with Crippen LogP contribution in [0, 0.1) is 11.3 Å². The standard InChI is InChI=1S/C17H16ClN3/c1-10-3-2-4-13-14(9-19)17(20)21-16(15(10)13)11-5-7-12(18)8-6-11/h5-8,10H,2-4H2,1H3,(H2,20,21). The lowest BCUT2D eigenvalue weighted by atomic mass is 9.80. The van der Waals surface area contributed by atoms with Crippen LogP contribution in [0.5, 0.6) is 0 Å². The molecule has 2 N–H and O–H groups in total. The average Bonchev–Trinajstić information content (AvgIpc) is 2.47. The Morgan fingerprint density at radius 3 is 2.71 bits per heavy atom. The van der Waals surface area contributed by atoms with Crippen LogP contribution < -0.4 is 5.73 Å². The van der Waals surface area contributed by atoms with Gasteiger partial charge in [-0.25, -0.2) is 4.98 Å². The van der Waals surface area contributed by atoms with E-state index in [1.807, 2.05) is 24.3 Å². The van der Waals surface area contributed by atoms with Gasteiger partial charge in [-0.1, -0.05) is 30.7 Å². The van der Waals surface area contributed by atoms with Gasteiger partial charge in [-0.2, -0.15) is 5.26 Å². The van der Waals surface area contributed by atoms with E-state index in [1.165, 1.54) is 5.56 Å². The fraction of sp³-hybridized carbons (Fsp3) is 0.294. The first-order valence-electron chi connectivity index (χ1n) is 7.10. The normalized spacial score (nSPS) is 17.1. The second-order valence-corrected chi connectivity index (χ2v) is 5.96. The van der Waals surface area contributed by atoms with Gasteiger partial charge in [0.15, 0.2) is 0 Å². The summed E-state index contributed by atoms with van der Waals surface area (Å²) in [6, 6.07) is 9.84. The summed E-state index contributed by atoms with van der Waals surface area (Å²) in [6.07, 6.45) is 3.10. The zero-order valence-corrected chi connectivity index (χ0v) is 12.6. The molecule has 0 amide bonds. The predicted octanol–water partition coefficient (Wildman–Crippen LogP) is 4.30. The molecule has 0 saturated carbocycles. The van der Waals surface area contributed by atoms with Crippen LogP contribution in [0.4, 0.5) is 5.82 Å². The number of nitriles is 1. The summed E-state index contributed by atoms with van der Waals surface area (Å²) >= 11 is 5.96. The zero-order valence-electron chi connectivity index (χ0n) is 11.9. The smallest absolute Gasteiger partial charge is 0.142 e. The van der Waals surface area contributed by atoms with Gasteiger partial charge in [0, 0.05) is 10.6 Å². The van der Waals surface area contributed by atoms with Gasteiger partial charge in [0.05, 0.1) is 11.3 Å². The molecular weight excluding hydrogens is 282 g/mol. The molecule has 106 valence electrons. The second kappa shape index (κ2) is 5.38. The third-order valence-electron chi connectivity index (χ3n) is 4.16. The van der Waals surface area contributed by atoms with Gasteiger partial charge < -0.3 is 5.73 Å². The van der Waals surface area contributed by atoms with Crippen molar-refractivity contribution in [1.29, 1.82) is 5.26 Å². The van der Waals surface area contributed by atoms with Crippen LogP contribution in [-0.2, 0) is 6.42 Å². The highest BCUT2D eigenvalue weighted by atomic mass is 35.5. The summed E-state index contributed by atoms with van der Waals surface area (Å²) in [5, 5.41) is 10.1. The highest BCUT2D eigenvalue weighted by Gasteiger charge is 2.26. The predicted molar refractivity (Wildman–Crippen MR) is 85.2 cm³/mol. The molecule has 0 spiro atoms. The quantitative estimate of drug-likeness (QED) is 0.853. The Hall–Kier alpha value is -2.05. The molecule has 1 atom stereocenters. The van der Waals surface area contributed by atoms with Crippen molar-refractivity contribution in [2.75, 3.05) is 5.73 Å². The van der Waals surface area contributed by atoms with Crippen molar-refractivity contribution in [3.05, 3.63) is 46.0 Å². The van der Waals surface area contributed by atoms with Crippen LogP contribution in [0.2, 0.25) is 5.02 Å². The molecule has 1 aromatic heterocycles. The van der Waals surface area contributed by atoms with Crippen molar-refractivity contribution in [2.45, 2.75) is 32.1 Å². The Labute approximate surface area is 129 Å². The first kappa shape index (κ1) is 13.9. The monoisotopic (exact) mass is 297 g/mol. The molecule has 1 heterocycles. The Morgan fingerprint density at radius 2 is 2.05 bits per heavy atom. The third kappa shape index (κ3) is 2.36. The van der Waals surface area contributed by atoms with Crippen molar-refractivity contribution >= 4 is 17.4 Å². The Bertz CT molecular complexity index is 729. The number of nitrogen functional groups attached to an aromatic ring is 1. The van der Waals surface area contributed by atoms with Gasteiger partial charge in [-0.15, -0.1) is 0 Å². The first-order valence-corrected chi connectivity index (χ1v) is 7.48. The average molecular weight is 298 g/mol. The molecule has 0 bridgehead atoms. The largest absolute Gasteiger partial charge is 0.383 e. The number of hydrogen-bond donors (Lipinski definition) is 1. The molecule has 3 rings (SSSR count). The second-order valence-electron chi connectivity index (χ2n) is 5.52. The molecule has 1 aliphatic rings. The summed E-state index contributed by atoms with van der Waals surface area (Å²) in [5.74, 6) is 0.718. The van der Waals surface area contributed by atoms with Gasteiger partial charge in [-0.3, -0.25) is 0 Å². The number of rotatable bonds is 1. The number of anilines is 1. The van der Waals surface area contributed by atoms with Crippen LogP contribution in [0.25, 0.3) is 11.3 Å². The van der Waals surface area contributed by atoms with Gasteiger partial charge in [0.1, 0.15) is 11.9 Å². The van der Waals surface area contributed by atoms with E-state index in [4.69, 9.17) is 17.3 Å². The topological polar surface area (TPSA) is 62.7 Å². The van der Waals surface area contributed by atoms with Gasteiger partial charge in [0.2, 0.25) is 0 Å². The molecule has 0 fully saturated rings. The summed E-state index contributed by atoms with van der Waals surface area (Å²) in [4.78, 5) is 4.52. The van der Waals surface area contributed by atoms with E-state index >= 15 is 0 Å². The van der Waals surface area contributed by atoms with Crippen LogP contribution in [0.1, 0.15) is 42.4 Å². The molecule has 0 aliphatic heterocycles. The van der Waals surface area contributed by atoms with E-state index in [-0.39, 0.29) is 0 Å². The minimum Gasteiger partial charge on any atom is -0.383 e. The minimum absolute atomic E-state index is 0.329. The lowest BCUT2D eigenvalue weighted by Crippen LogP contribution is -2.14. The number of hydrogen-bond acceptors (Lipinski definition) is 3. The maximum absolute atomic E-state index is 9.37. The van der Waals surface area contributed by atoms with Crippen molar-refractivity contribution in [3.8, 4) is 17.3 Å². The molecular formula is C17H16ClN3. The molecule has 1 aliphatic carbocycles. The van der Waals surface area contributed by atoms with Gasteiger partial charge in [-0.05, 0) is 48.4 Å². The van der Waals surface area contributed by atoms with Crippen molar-refractivity contribution in [1.82, 2.24) is 4.98 Å². The maximum Gasteiger partial charge on any atom is 0.142 e. The number of nitrogens with two attached hydrogens (primary N) is 1. The highest BCUT2D eigenvalue weighted by Crippen LogP contribution is 2.40. The summed E-state index contributed by atoms with van der Waals surface area (Å²) in [5.41, 5.74) is 10.7. The van der Waals surface area contributed by atoms with Gasteiger partial charge in [0.25, 0.3) is 0 Å². The number of aromatic nitrogens is 1. The molecule has 0 saturated heterocycles. The van der Waals surface area contributed by atoms with Crippen molar-refractivity contribution in [3.63, 3.8) is 0 Å². The van der Waals surface area contributed by atoms with E-state index in [2.05, 4.69) is 18.0 Å². The lowest BCUT2D eigenvalue weighted by molar-refractivity contribution is 0.588. The van der Waals surface area contributed by atoms with Crippen LogP contribution in [0.15, 0.2) is 24.3 Å². The highest BCUT2D eigenvalue weighted by molar-refractivity contribution is 6.30. The van der Waals surface area contributed by atoms with Crippen molar-refractivity contribution in [2.24, 2.45) is 0 Å². The minimum atomic E-state index is 0.329. The molecule has 3 nitrogen and oxygen atoms in total. The Kier molecular flexibility index (Phi) is 3.57. The molecule has 1 aromatic carbocycles. The Balaban J connectivity index is 2.28. The van der Waals surface area contributed by atoms with E-state index in [9.17, 15) is 5.26 Å². The summed E-state index contributed by atoms with van der Waals surface area (Å²) in [6.45, 7) is 2.19. The maximum atomic E-state index is 9.37. The third-order valence-corrected chi connectivity index (χ3v) is 4.41. The fourth-order valence-corrected chi connectivity index (χ4v) is 3.27. The number of benzene rings is 1. The van der Waals surface area contributed by atoms with E-state index in [1.54, 1.807) is 0 Å². The number of pyridine rings is 1. The fourth-order valence-electron chi connectivity index (χ4n) is 3.14. The summed E-state index contributed by atoms with van der Waals surface area (Å²) in [7, 11) is 0. The van der Waals surface area contributed by atoms with Crippen LogP contribution >= 0.6 is 11.6 Å². The van der Waals surface area contributed by atoms with E-state index < -0.39 is 0 Å². The number of nitrogens with zero attached hydrogens (tertiary/aromatic N) is 2. The number of fused-ring (bicyclic) bond motifs is 1. The molecule has 1 unspecified atom stereocenters. The van der Waals surface area contributed by atoms with Gasteiger partial charge >= 0.3 is 0 Å². The van der Waals surface area contributed by atoms with E-state index in [0.29, 0.717) is 22.3 Å². The first-order chi connectivity index (χ1) is 10.1. The molecule has 4 heteroatoms. The molecule has 2 aromatic rings. The SMILES string of the molecule is CC1CCCc2c(C#N)c(N)nc(-c3ccc(Cl)cc3)c21. The van der Waals surface area contributed by atoms with Crippen LogP contribution in [0.3, 0.4) is 0 Å². The zero-order chi connectivity index (χ0) is 15.0. The molecule has 21 heavy (non-hydrogen) atoms. The van der Waals surface area contributed by atoms with Crippen molar-refractivity contribution < 1.29 is 0 Å². The lowest BCUT2D eigenvalue weighted by Gasteiger charge is -2.26. The van der Waals surface area contributed by atoms with E-state index in [0.717, 1.165) is 36.1 Å². The molecule has 0 radical (unpaired) electrons.